The number of nitrogens with zero attached hydrogens (tertiary/aromatic N) is 1. The van der Waals surface area contributed by atoms with Crippen LogP contribution in [0.2, 0.25) is 0 Å². The van der Waals surface area contributed by atoms with Gasteiger partial charge < -0.3 is 9.72 Å². The molecule has 1 aliphatic rings. The lowest BCUT2D eigenvalue weighted by molar-refractivity contribution is -0.135. The van der Waals surface area contributed by atoms with E-state index in [-0.39, 0.29) is 0 Å². The van der Waals surface area contributed by atoms with E-state index >= 15 is 0 Å². The zero-order valence-electron chi connectivity index (χ0n) is 18.6. The minimum absolute atomic E-state index is 0.357. The van der Waals surface area contributed by atoms with E-state index in [1.54, 1.807) is 41.9 Å². The number of carbonyl (C=O) groups excluding carboxylic acids is 3. The van der Waals surface area contributed by atoms with Crippen LogP contribution in [0.3, 0.4) is 0 Å². The summed E-state index contributed by atoms with van der Waals surface area (Å²) >= 11 is 1.67. The maximum Gasteiger partial charge on any atom is 0.295 e. The number of methoxy groups -OCH3 is 1. The van der Waals surface area contributed by atoms with Crippen molar-refractivity contribution in [1.29, 1.82) is 0 Å². The molecule has 1 saturated heterocycles. The standard InChI is InChI=1S/C27H22N2O4S/c1-16-13-19(15-34-16)17-7-9-20(10-8-17)29-24(21-5-3-4-6-22(21)33-2)23(26(31)27(29)32)25(30)18-11-12-28-14-18/h3-15,23-24,28H,1-2H3. The number of ketones is 2. The Morgan fingerprint density at radius 1 is 1.03 bits per heavy atom. The molecule has 6 nitrogen and oxygen atoms in total. The maximum atomic E-state index is 13.4. The number of nitrogens with one attached hydrogen (secondary N) is 1. The van der Waals surface area contributed by atoms with Crippen LogP contribution in [0.25, 0.3) is 11.1 Å². The lowest BCUT2D eigenvalue weighted by atomic mass is 9.86. The number of ether oxygens (including phenoxy) is 1. The van der Waals surface area contributed by atoms with E-state index in [9.17, 15) is 14.4 Å². The van der Waals surface area contributed by atoms with Crippen molar-refractivity contribution in [3.05, 3.63) is 94.4 Å². The van der Waals surface area contributed by atoms with Crippen LogP contribution in [-0.4, -0.2) is 29.6 Å². The molecule has 0 radical (unpaired) electrons. The van der Waals surface area contributed by atoms with Gasteiger partial charge >= 0.3 is 0 Å². The van der Waals surface area contributed by atoms with Crippen LogP contribution in [0.15, 0.2) is 78.4 Å². The van der Waals surface area contributed by atoms with Crippen molar-refractivity contribution >= 4 is 34.5 Å². The molecule has 0 bridgehead atoms. The number of hydrogen-bond donors (Lipinski definition) is 1. The third kappa shape index (κ3) is 3.64. The van der Waals surface area contributed by atoms with E-state index < -0.39 is 29.4 Å². The van der Waals surface area contributed by atoms with Crippen molar-refractivity contribution in [2.24, 2.45) is 5.92 Å². The Hall–Kier alpha value is -3.97. The quantitative estimate of drug-likeness (QED) is 0.238. The van der Waals surface area contributed by atoms with Crippen LogP contribution in [0.1, 0.15) is 26.8 Å². The van der Waals surface area contributed by atoms with Crippen LogP contribution in [-0.2, 0) is 9.59 Å². The number of aromatic amines is 1. The fourth-order valence-corrected chi connectivity index (χ4v) is 5.22. The average molecular weight is 471 g/mol. The molecule has 2 atom stereocenters. The first kappa shape index (κ1) is 21.9. The van der Waals surface area contributed by atoms with E-state index in [2.05, 4.69) is 23.4 Å². The number of para-hydroxylation sites is 1. The van der Waals surface area contributed by atoms with Crippen molar-refractivity contribution in [3.8, 4) is 16.9 Å². The fourth-order valence-electron chi connectivity index (χ4n) is 4.51. The van der Waals surface area contributed by atoms with Crippen LogP contribution >= 0.6 is 11.3 Å². The highest BCUT2D eigenvalue weighted by Crippen LogP contribution is 2.44. The number of anilines is 1. The molecule has 170 valence electrons. The molecule has 1 amide bonds. The molecule has 1 fully saturated rings. The minimum atomic E-state index is -1.18. The van der Waals surface area contributed by atoms with Gasteiger partial charge in [0.25, 0.3) is 5.91 Å². The Morgan fingerprint density at radius 2 is 1.79 bits per heavy atom. The number of rotatable bonds is 6. The zero-order valence-corrected chi connectivity index (χ0v) is 19.5. The van der Waals surface area contributed by atoms with Gasteiger partial charge in [-0.05, 0) is 53.8 Å². The molecule has 5 rings (SSSR count). The predicted octanol–water partition coefficient (Wildman–Crippen LogP) is 5.22. The van der Waals surface area contributed by atoms with Crippen LogP contribution in [0.5, 0.6) is 5.75 Å². The van der Waals surface area contributed by atoms with Gasteiger partial charge in [0.05, 0.1) is 13.2 Å². The molecule has 0 spiro atoms. The molecule has 3 heterocycles. The Bertz CT molecular complexity index is 1370. The molecule has 0 aliphatic carbocycles. The first-order valence-electron chi connectivity index (χ1n) is 10.8. The second kappa shape index (κ2) is 8.76. The van der Waals surface area contributed by atoms with Gasteiger partial charge in [-0.1, -0.05) is 30.3 Å². The molecule has 1 N–H and O–H groups in total. The lowest BCUT2D eigenvalue weighted by Gasteiger charge is -2.28. The fraction of sp³-hybridized carbons (Fsp3) is 0.148. The smallest absolute Gasteiger partial charge is 0.295 e. The van der Waals surface area contributed by atoms with Gasteiger partial charge in [-0.25, -0.2) is 0 Å². The van der Waals surface area contributed by atoms with Crippen molar-refractivity contribution in [3.63, 3.8) is 0 Å². The number of carbonyl (C=O) groups is 3. The second-order valence-electron chi connectivity index (χ2n) is 8.16. The summed E-state index contributed by atoms with van der Waals surface area (Å²) in [5, 5.41) is 2.08. The van der Waals surface area contributed by atoms with E-state index in [1.165, 1.54) is 16.9 Å². The Labute approximate surface area is 200 Å². The normalized spacial score (nSPS) is 17.9. The Balaban J connectivity index is 1.62. The molecule has 4 aromatic rings. The predicted molar refractivity (Wildman–Crippen MR) is 131 cm³/mol. The lowest BCUT2D eigenvalue weighted by Crippen LogP contribution is -2.30. The first-order valence-corrected chi connectivity index (χ1v) is 11.7. The highest BCUT2D eigenvalue weighted by Gasteiger charge is 2.53. The van der Waals surface area contributed by atoms with E-state index in [4.69, 9.17) is 4.74 Å². The summed E-state index contributed by atoms with van der Waals surface area (Å²) in [6, 6.07) is 17.6. The average Bonchev–Trinajstić information content (AvgIpc) is 3.60. The topological polar surface area (TPSA) is 79.5 Å². The third-order valence-corrected chi connectivity index (χ3v) is 7.00. The Morgan fingerprint density at radius 3 is 2.44 bits per heavy atom. The number of benzene rings is 2. The van der Waals surface area contributed by atoms with Crippen molar-refractivity contribution in [2.45, 2.75) is 13.0 Å². The van der Waals surface area contributed by atoms with Gasteiger partial charge in [0.15, 0.2) is 5.78 Å². The summed E-state index contributed by atoms with van der Waals surface area (Å²) in [6.45, 7) is 2.05. The van der Waals surface area contributed by atoms with E-state index in [1.807, 2.05) is 36.4 Å². The van der Waals surface area contributed by atoms with Gasteiger partial charge in [0, 0.05) is 34.1 Å². The van der Waals surface area contributed by atoms with Gasteiger partial charge in [-0.3, -0.25) is 19.3 Å². The number of amides is 1. The summed E-state index contributed by atoms with van der Waals surface area (Å²) in [5.41, 5.74) is 3.63. The summed E-state index contributed by atoms with van der Waals surface area (Å²) in [5.74, 6) is -2.50. The molecule has 34 heavy (non-hydrogen) atoms. The molecule has 2 unspecified atom stereocenters. The highest BCUT2D eigenvalue weighted by atomic mass is 32.1. The maximum absolute atomic E-state index is 13.4. The number of aryl methyl sites for hydroxylation is 1. The van der Waals surface area contributed by atoms with Crippen LogP contribution in [0.4, 0.5) is 5.69 Å². The first-order chi connectivity index (χ1) is 16.5. The molecule has 0 saturated carbocycles. The summed E-state index contributed by atoms with van der Waals surface area (Å²) < 4.78 is 5.54. The van der Waals surface area contributed by atoms with Gasteiger partial charge in [0.2, 0.25) is 5.78 Å². The molecule has 1 aliphatic heterocycles. The van der Waals surface area contributed by atoms with Crippen molar-refractivity contribution in [2.75, 3.05) is 12.0 Å². The van der Waals surface area contributed by atoms with E-state index in [0.29, 0.717) is 22.6 Å². The van der Waals surface area contributed by atoms with Gasteiger partial charge in [0.1, 0.15) is 11.7 Å². The summed E-state index contributed by atoms with van der Waals surface area (Å²) in [6.07, 6.45) is 3.16. The largest absolute Gasteiger partial charge is 0.496 e. The van der Waals surface area contributed by atoms with Crippen molar-refractivity contribution in [1.82, 2.24) is 4.98 Å². The second-order valence-corrected chi connectivity index (χ2v) is 9.28. The third-order valence-electron chi connectivity index (χ3n) is 6.14. The molecular weight excluding hydrogens is 448 g/mol. The van der Waals surface area contributed by atoms with Gasteiger partial charge in [-0.15, -0.1) is 11.3 Å². The number of Topliss-reactive ketones (excluding diaryl/α,β-unsaturated/α-hetero) is 2. The van der Waals surface area contributed by atoms with Crippen molar-refractivity contribution < 1.29 is 19.1 Å². The highest BCUT2D eigenvalue weighted by molar-refractivity contribution is 7.10. The summed E-state index contributed by atoms with van der Waals surface area (Å²) in [7, 11) is 1.53. The minimum Gasteiger partial charge on any atom is -0.496 e. The number of aromatic nitrogens is 1. The monoisotopic (exact) mass is 470 g/mol. The summed E-state index contributed by atoms with van der Waals surface area (Å²) in [4.78, 5) is 45.4. The zero-order chi connectivity index (χ0) is 23.8. The van der Waals surface area contributed by atoms with Crippen LogP contribution < -0.4 is 9.64 Å². The Kier molecular flexibility index (Phi) is 5.63. The molecular formula is C27H22N2O4S. The number of thiophene rings is 1. The number of hydrogen-bond acceptors (Lipinski definition) is 5. The van der Waals surface area contributed by atoms with Crippen LogP contribution in [0, 0.1) is 12.8 Å². The molecule has 2 aromatic heterocycles. The number of H-pyrrole nitrogens is 1. The molecule has 2 aromatic carbocycles. The van der Waals surface area contributed by atoms with Gasteiger partial charge in [-0.2, -0.15) is 0 Å². The van der Waals surface area contributed by atoms with E-state index in [0.717, 1.165) is 11.1 Å². The SMILES string of the molecule is COc1ccccc1C1C(C(=O)c2cc[nH]c2)C(=O)C(=O)N1c1ccc(-c2csc(C)c2)cc1. The molecule has 7 heteroatoms.